The molecule has 0 atom stereocenters. The average Bonchev–Trinajstić information content (AvgIpc) is 3.15. The second-order valence-corrected chi connectivity index (χ2v) is 9.47. The maximum atomic E-state index is 11.6. The minimum absolute atomic E-state index is 0.107. The number of aliphatic carboxylic acids is 1. The Bertz CT molecular complexity index is 1140. The van der Waals surface area contributed by atoms with E-state index in [9.17, 15) is 14.7 Å². The van der Waals surface area contributed by atoms with Gasteiger partial charge in [0.15, 0.2) is 17.2 Å². The van der Waals surface area contributed by atoms with Crippen LogP contribution in [0.15, 0.2) is 54.6 Å². The number of carbonyl (C=O) groups is 2. The molecular formula is C25H24ClNO5S. The number of ether oxygens (including phenoxy) is 1. The van der Waals surface area contributed by atoms with E-state index < -0.39 is 18.5 Å². The molecule has 1 heterocycles. The van der Waals surface area contributed by atoms with E-state index in [2.05, 4.69) is 29.6 Å². The van der Waals surface area contributed by atoms with Crippen molar-refractivity contribution >= 4 is 40.6 Å². The lowest BCUT2D eigenvalue weighted by atomic mass is 9.82. The van der Waals surface area contributed by atoms with Gasteiger partial charge in [-0.15, -0.1) is 11.3 Å². The zero-order valence-corrected chi connectivity index (χ0v) is 19.4. The van der Waals surface area contributed by atoms with E-state index in [4.69, 9.17) is 21.4 Å². The third-order valence-electron chi connectivity index (χ3n) is 5.84. The summed E-state index contributed by atoms with van der Waals surface area (Å²) in [7, 11) is 0. The molecule has 2 aromatic carbocycles. The van der Waals surface area contributed by atoms with Gasteiger partial charge in [0.05, 0.1) is 4.88 Å². The molecule has 3 aromatic rings. The van der Waals surface area contributed by atoms with Gasteiger partial charge in [0, 0.05) is 11.7 Å². The van der Waals surface area contributed by atoms with Gasteiger partial charge in [-0.05, 0) is 54.9 Å². The Kier molecular flexibility index (Phi) is 7.20. The molecule has 3 N–H and O–H groups in total. The van der Waals surface area contributed by atoms with Crippen molar-refractivity contribution in [2.24, 2.45) is 0 Å². The van der Waals surface area contributed by atoms with Gasteiger partial charge in [-0.25, -0.2) is 9.59 Å². The van der Waals surface area contributed by atoms with Gasteiger partial charge in [-0.2, -0.15) is 0 Å². The molecule has 0 radical (unpaired) electrons. The smallest absolute Gasteiger partial charge is 0.349 e. The predicted molar refractivity (Wildman–Crippen MR) is 130 cm³/mol. The highest BCUT2D eigenvalue weighted by Crippen LogP contribution is 2.46. The van der Waals surface area contributed by atoms with Gasteiger partial charge in [-0.3, -0.25) is 0 Å². The Morgan fingerprint density at radius 2 is 1.76 bits per heavy atom. The van der Waals surface area contributed by atoms with Crippen molar-refractivity contribution in [3.8, 4) is 16.2 Å². The summed E-state index contributed by atoms with van der Waals surface area (Å²) in [5.41, 5.74) is 3.09. The van der Waals surface area contributed by atoms with Gasteiger partial charge >= 0.3 is 11.9 Å². The SMILES string of the molecule is O=C(O)COc1c(C(=O)O)sc(-c2cccc(N[C@H]3CC[C@H](c4ccccc4)CC3)c2)c1Cl. The van der Waals surface area contributed by atoms with Crippen molar-refractivity contribution < 1.29 is 24.5 Å². The molecule has 1 saturated carbocycles. The van der Waals surface area contributed by atoms with Crippen LogP contribution >= 0.6 is 22.9 Å². The van der Waals surface area contributed by atoms with Gasteiger partial charge in [0.2, 0.25) is 0 Å². The number of aromatic carboxylic acids is 1. The molecule has 0 spiro atoms. The predicted octanol–water partition coefficient (Wildman–Crippen LogP) is 6.37. The van der Waals surface area contributed by atoms with Gasteiger partial charge in [0.25, 0.3) is 0 Å². The van der Waals surface area contributed by atoms with Crippen molar-refractivity contribution in [3.63, 3.8) is 0 Å². The van der Waals surface area contributed by atoms with Crippen molar-refractivity contribution in [3.05, 3.63) is 70.1 Å². The number of benzene rings is 2. The fraction of sp³-hybridized carbons (Fsp3) is 0.280. The van der Waals surface area contributed by atoms with Crippen LogP contribution in [0.3, 0.4) is 0 Å². The first-order valence-corrected chi connectivity index (χ1v) is 11.9. The summed E-state index contributed by atoms with van der Waals surface area (Å²) < 4.78 is 5.17. The minimum atomic E-state index is -1.21. The summed E-state index contributed by atoms with van der Waals surface area (Å²) >= 11 is 7.39. The third-order valence-corrected chi connectivity index (χ3v) is 7.52. The normalized spacial score (nSPS) is 18.0. The quantitative estimate of drug-likeness (QED) is 0.343. The summed E-state index contributed by atoms with van der Waals surface area (Å²) in [4.78, 5) is 22.9. The van der Waals surface area contributed by atoms with Crippen LogP contribution in [0, 0.1) is 0 Å². The second-order valence-electron chi connectivity index (χ2n) is 8.08. The van der Waals surface area contributed by atoms with Gasteiger partial charge in [0.1, 0.15) is 5.02 Å². The summed E-state index contributed by atoms with van der Waals surface area (Å²) in [5.74, 6) is -1.93. The molecule has 0 saturated heterocycles. The Labute approximate surface area is 200 Å². The van der Waals surface area contributed by atoms with Crippen LogP contribution in [0.1, 0.15) is 46.8 Å². The fourth-order valence-corrected chi connectivity index (χ4v) is 5.67. The van der Waals surface area contributed by atoms with Gasteiger partial charge in [-0.1, -0.05) is 54.1 Å². The van der Waals surface area contributed by atoms with Crippen LogP contribution in [0.25, 0.3) is 10.4 Å². The first-order chi connectivity index (χ1) is 15.9. The van der Waals surface area contributed by atoms with E-state index in [0.29, 0.717) is 16.8 Å². The fourth-order valence-electron chi connectivity index (χ4n) is 4.27. The Hall–Kier alpha value is -3.03. The lowest BCUT2D eigenvalue weighted by Gasteiger charge is -2.30. The number of rotatable bonds is 8. The zero-order chi connectivity index (χ0) is 23.4. The standard InChI is InChI=1S/C25H24ClNO5S/c26-21-22(32-14-20(28)29)24(25(30)31)33-23(21)17-7-4-8-19(13-17)27-18-11-9-16(10-12-18)15-5-2-1-3-6-15/h1-8,13,16,18,27H,9-12,14H2,(H,28,29)(H,30,31)/t16-,18-. The molecule has 0 unspecified atom stereocenters. The Morgan fingerprint density at radius 3 is 2.42 bits per heavy atom. The maximum Gasteiger partial charge on any atom is 0.349 e. The maximum absolute atomic E-state index is 11.6. The van der Waals surface area contributed by atoms with Crippen LogP contribution in [0.5, 0.6) is 5.75 Å². The number of thiophene rings is 1. The van der Waals surface area contributed by atoms with E-state index in [0.717, 1.165) is 48.3 Å². The van der Waals surface area contributed by atoms with E-state index in [1.165, 1.54) is 5.56 Å². The summed E-state index contributed by atoms with van der Waals surface area (Å²) in [5, 5.41) is 22.1. The average molecular weight is 486 g/mol. The molecule has 33 heavy (non-hydrogen) atoms. The summed E-state index contributed by atoms with van der Waals surface area (Å²) in [6.45, 7) is -0.663. The summed E-state index contributed by atoms with van der Waals surface area (Å²) in [6, 6.07) is 18.7. The molecule has 4 rings (SSSR count). The van der Waals surface area contributed by atoms with Crippen LogP contribution in [-0.4, -0.2) is 34.8 Å². The number of carboxylic acid groups (broad SMARTS) is 2. The van der Waals surface area contributed by atoms with E-state index in [1.807, 2.05) is 30.3 Å². The molecule has 0 aliphatic heterocycles. The highest BCUT2D eigenvalue weighted by molar-refractivity contribution is 7.18. The number of hydrogen-bond acceptors (Lipinski definition) is 5. The largest absolute Gasteiger partial charge is 0.479 e. The lowest BCUT2D eigenvalue weighted by Crippen LogP contribution is -2.25. The van der Waals surface area contributed by atoms with Crippen molar-refractivity contribution in [1.29, 1.82) is 0 Å². The molecule has 1 aliphatic rings. The number of nitrogens with one attached hydrogen (secondary N) is 1. The van der Waals surface area contributed by atoms with Crippen molar-refractivity contribution in [2.75, 3.05) is 11.9 Å². The van der Waals surface area contributed by atoms with Crippen molar-refractivity contribution in [1.82, 2.24) is 0 Å². The molecule has 0 amide bonds. The summed E-state index contributed by atoms with van der Waals surface area (Å²) in [6.07, 6.45) is 4.40. The lowest BCUT2D eigenvalue weighted by molar-refractivity contribution is -0.139. The number of hydrogen-bond donors (Lipinski definition) is 3. The first kappa shape index (κ1) is 23.1. The highest BCUT2D eigenvalue weighted by Gasteiger charge is 2.25. The van der Waals surface area contributed by atoms with E-state index >= 15 is 0 Å². The number of halogens is 1. The van der Waals surface area contributed by atoms with E-state index in [1.54, 1.807) is 0 Å². The van der Waals surface area contributed by atoms with Crippen LogP contribution in [-0.2, 0) is 4.79 Å². The topological polar surface area (TPSA) is 95.9 Å². The Morgan fingerprint density at radius 1 is 1.03 bits per heavy atom. The molecule has 1 aliphatic carbocycles. The second kappa shape index (κ2) is 10.3. The molecule has 172 valence electrons. The third kappa shape index (κ3) is 5.49. The molecule has 0 bridgehead atoms. The molecule has 6 nitrogen and oxygen atoms in total. The van der Waals surface area contributed by atoms with E-state index in [-0.39, 0.29) is 15.6 Å². The van der Waals surface area contributed by atoms with Crippen molar-refractivity contribution in [2.45, 2.75) is 37.6 Å². The number of anilines is 1. The zero-order valence-electron chi connectivity index (χ0n) is 17.8. The minimum Gasteiger partial charge on any atom is -0.479 e. The monoisotopic (exact) mass is 485 g/mol. The van der Waals surface area contributed by atoms with Crippen LogP contribution in [0.2, 0.25) is 5.02 Å². The molecular weight excluding hydrogens is 462 g/mol. The Balaban J connectivity index is 1.48. The van der Waals surface area contributed by atoms with Gasteiger partial charge < -0.3 is 20.3 Å². The number of carboxylic acids is 2. The van der Waals surface area contributed by atoms with Crippen LogP contribution in [0.4, 0.5) is 5.69 Å². The first-order valence-electron chi connectivity index (χ1n) is 10.7. The molecule has 1 fully saturated rings. The molecule has 8 heteroatoms. The van der Waals surface area contributed by atoms with Crippen LogP contribution < -0.4 is 10.1 Å². The highest BCUT2D eigenvalue weighted by atomic mass is 35.5. The molecule has 1 aromatic heterocycles.